The molecule has 5 heteroatoms. The maximum atomic E-state index is 10.8. The maximum Gasteiger partial charge on any atom is 0.303 e. The fraction of sp³-hybridized carbons (Fsp3) is 0. The Hall–Kier alpha value is -1.78. The molecule has 1 amide bonds. The number of hydrogen-bond donors (Lipinski definition) is 1. The lowest BCUT2D eigenvalue weighted by molar-refractivity contribution is -0.904. The maximum absolute atomic E-state index is 10.8. The van der Waals surface area contributed by atoms with E-state index >= 15 is 0 Å². The Morgan fingerprint density at radius 2 is 2.27 bits per heavy atom. The molecule has 0 fully saturated rings. The van der Waals surface area contributed by atoms with Gasteiger partial charge in [0.25, 0.3) is 0 Å². The van der Waals surface area contributed by atoms with Gasteiger partial charge in [0.05, 0.1) is 0 Å². The summed E-state index contributed by atoms with van der Waals surface area (Å²) in [6.45, 7) is 0. The zero-order valence-electron chi connectivity index (χ0n) is 5.43. The molecular weight excluding hydrogens is 146 g/mol. The summed E-state index contributed by atoms with van der Waals surface area (Å²) in [6, 6.07) is 1.52. The Kier molecular flexibility index (Phi) is 1.00. The predicted octanol–water partition coefficient (Wildman–Crippen LogP) is 0.449. The molecule has 11 heavy (non-hydrogen) atoms. The van der Waals surface area contributed by atoms with Gasteiger partial charge in [-0.25, -0.2) is 0 Å². The number of azo groups is 1. The molecule has 0 spiro atoms. The first-order chi connectivity index (χ1) is 5.27. The summed E-state index contributed by atoms with van der Waals surface area (Å²) in [5.41, 5.74) is 0.829. The minimum Gasteiger partial charge on any atom is -0.285 e. The Labute approximate surface area is 61.6 Å². The van der Waals surface area contributed by atoms with Crippen LogP contribution in [-0.4, -0.2) is 11.1 Å². The van der Waals surface area contributed by atoms with Gasteiger partial charge in [-0.2, -0.15) is 0 Å². The van der Waals surface area contributed by atoms with E-state index in [2.05, 4.69) is 10.2 Å². The number of carbonyl (C=O) groups is 1. The van der Waals surface area contributed by atoms with Crippen LogP contribution in [0, 0.1) is 0 Å². The average molecular weight is 150 g/mol. The molecule has 0 aliphatic carbocycles. The van der Waals surface area contributed by atoms with Crippen molar-refractivity contribution in [3.05, 3.63) is 24.0 Å². The van der Waals surface area contributed by atoms with Crippen LogP contribution < -0.4 is 4.73 Å². The predicted molar refractivity (Wildman–Crippen MR) is 32.7 cm³/mol. The van der Waals surface area contributed by atoms with Gasteiger partial charge in [0.2, 0.25) is 12.4 Å². The van der Waals surface area contributed by atoms with Crippen molar-refractivity contribution in [3.63, 3.8) is 0 Å². The highest BCUT2D eigenvalue weighted by atomic mass is 16.5. The van der Waals surface area contributed by atoms with Crippen molar-refractivity contribution in [1.29, 1.82) is 0 Å². The number of fused-ring (bicyclic) bond motifs is 1. The first kappa shape index (κ1) is 5.96. The zero-order chi connectivity index (χ0) is 7.84. The molecule has 0 bridgehead atoms. The molecule has 1 aromatic rings. The summed E-state index contributed by atoms with van der Waals surface area (Å²) in [6.07, 6.45) is 2.66. The van der Waals surface area contributed by atoms with Gasteiger partial charge < -0.3 is 0 Å². The first-order valence-corrected chi connectivity index (χ1v) is 2.98. The molecular formula is C6H4N3O2+. The van der Waals surface area contributed by atoms with Crippen LogP contribution in [0.15, 0.2) is 28.7 Å². The molecule has 5 nitrogen and oxygen atoms in total. The number of pyridine rings is 1. The van der Waals surface area contributed by atoms with Crippen LogP contribution in [0.3, 0.4) is 0 Å². The van der Waals surface area contributed by atoms with Crippen molar-refractivity contribution in [2.45, 2.75) is 0 Å². The zero-order valence-corrected chi connectivity index (χ0v) is 5.43. The van der Waals surface area contributed by atoms with E-state index in [1.807, 2.05) is 0 Å². The number of amides is 1. The van der Waals surface area contributed by atoms with Crippen LogP contribution in [0.1, 0.15) is 10.4 Å². The number of hydrogen-bond acceptors (Lipinski definition) is 3. The highest BCUT2D eigenvalue weighted by Crippen LogP contribution is 2.23. The molecule has 0 radical (unpaired) electrons. The highest BCUT2D eigenvalue weighted by molar-refractivity contribution is 6.01. The number of aromatic nitrogens is 1. The molecule has 1 aromatic heterocycles. The Morgan fingerprint density at radius 1 is 1.45 bits per heavy atom. The Bertz CT molecular complexity index is 359. The van der Waals surface area contributed by atoms with Crippen molar-refractivity contribution in [1.82, 2.24) is 0 Å². The largest absolute Gasteiger partial charge is 0.303 e. The SMILES string of the molecule is O=C1N=Nc2cc[n+](O)cc21. The topological polar surface area (TPSA) is 65.9 Å². The fourth-order valence-electron chi connectivity index (χ4n) is 0.883. The standard InChI is InChI=1S/C6H4N3O2/c10-6-4-3-9(11)2-1-5(4)7-8-6/h1-3,11H/q+1. The molecule has 2 rings (SSSR count). The van der Waals surface area contributed by atoms with Gasteiger partial charge in [-0.15, -0.1) is 10.2 Å². The van der Waals surface area contributed by atoms with Crippen LogP contribution in [0.25, 0.3) is 0 Å². The second kappa shape index (κ2) is 1.85. The van der Waals surface area contributed by atoms with E-state index in [9.17, 15) is 4.79 Å². The lowest BCUT2D eigenvalue weighted by Gasteiger charge is -1.86. The van der Waals surface area contributed by atoms with Crippen molar-refractivity contribution in [3.8, 4) is 0 Å². The van der Waals surface area contributed by atoms with Crippen molar-refractivity contribution in [2.75, 3.05) is 0 Å². The van der Waals surface area contributed by atoms with Gasteiger partial charge in [0.15, 0.2) is 0 Å². The first-order valence-electron chi connectivity index (χ1n) is 2.98. The minimum atomic E-state index is -0.414. The second-order valence-electron chi connectivity index (χ2n) is 2.13. The summed E-state index contributed by atoms with van der Waals surface area (Å²) in [7, 11) is 0. The fourth-order valence-corrected chi connectivity index (χ4v) is 0.883. The van der Waals surface area contributed by atoms with Crippen molar-refractivity contribution >= 4 is 11.6 Å². The molecule has 0 saturated carbocycles. The minimum absolute atomic E-state index is 0.329. The quantitative estimate of drug-likeness (QED) is 0.431. The smallest absolute Gasteiger partial charge is 0.285 e. The molecule has 0 aromatic carbocycles. The van der Waals surface area contributed by atoms with E-state index in [1.54, 1.807) is 0 Å². The summed E-state index contributed by atoms with van der Waals surface area (Å²) in [5.74, 6) is -0.414. The Morgan fingerprint density at radius 3 is 3.09 bits per heavy atom. The third-order valence-corrected chi connectivity index (χ3v) is 1.40. The summed E-state index contributed by atoms with van der Waals surface area (Å²) in [4.78, 5) is 10.8. The van der Waals surface area contributed by atoms with Gasteiger partial charge >= 0.3 is 5.91 Å². The number of carbonyl (C=O) groups excluding carboxylic acids is 1. The summed E-state index contributed by atoms with van der Waals surface area (Å²) >= 11 is 0. The van der Waals surface area contributed by atoms with Gasteiger partial charge in [-0.1, -0.05) is 0 Å². The normalized spacial score (nSPS) is 13.6. The number of nitrogens with zero attached hydrogens (tertiary/aromatic N) is 3. The molecule has 0 atom stereocenters. The van der Waals surface area contributed by atoms with Crippen LogP contribution >= 0.6 is 0 Å². The van der Waals surface area contributed by atoms with E-state index in [4.69, 9.17) is 5.21 Å². The molecule has 2 heterocycles. The van der Waals surface area contributed by atoms with E-state index in [-0.39, 0.29) is 0 Å². The van der Waals surface area contributed by atoms with E-state index in [0.29, 0.717) is 11.3 Å². The molecule has 0 saturated heterocycles. The third-order valence-electron chi connectivity index (χ3n) is 1.40. The van der Waals surface area contributed by atoms with E-state index < -0.39 is 5.91 Å². The van der Waals surface area contributed by atoms with E-state index in [1.165, 1.54) is 18.5 Å². The monoisotopic (exact) mass is 150 g/mol. The van der Waals surface area contributed by atoms with Crippen LogP contribution in [0.4, 0.5) is 5.69 Å². The van der Waals surface area contributed by atoms with Gasteiger partial charge in [-0.3, -0.25) is 10.0 Å². The Balaban J connectivity index is 2.67. The van der Waals surface area contributed by atoms with Crippen LogP contribution in [0.2, 0.25) is 0 Å². The lowest BCUT2D eigenvalue weighted by atomic mass is 10.2. The molecule has 1 aliphatic heterocycles. The lowest BCUT2D eigenvalue weighted by Crippen LogP contribution is -2.29. The molecule has 54 valence electrons. The second-order valence-corrected chi connectivity index (χ2v) is 2.13. The summed E-state index contributed by atoms with van der Waals surface area (Å²) < 4.78 is 0.799. The highest BCUT2D eigenvalue weighted by Gasteiger charge is 2.21. The molecule has 1 N–H and O–H groups in total. The van der Waals surface area contributed by atoms with E-state index in [0.717, 1.165) is 4.73 Å². The summed E-state index contributed by atoms with van der Waals surface area (Å²) in [5, 5.41) is 15.8. The van der Waals surface area contributed by atoms with Crippen LogP contribution in [-0.2, 0) is 0 Å². The van der Waals surface area contributed by atoms with Crippen molar-refractivity contribution < 1.29 is 14.7 Å². The van der Waals surface area contributed by atoms with Crippen LogP contribution in [0.5, 0.6) is 0 Å². The van der Waals surface area contributed by atoms with Gasteiger partial charge in [0, 0.05) is 10.8 Å². The molecule has 0 unspecified atom stereocenters. The van der Waals surface area contributed by atoms with Gasteiger partial charge in [0.1, 0.15) is 11.3 Å². The van der Waals surface area contributed by atoms with Gasteiger partial charge in [-0.05, 0) is 0 Å². The average Bonchev–Trinajstić information content (AvgIpc) is 2.33. The molecule has 1 aliphatic rings. The van der Waals surface area contributed by atoms with Crippen molar-refractivity contribution in [2.24, 2.45) is 10.2 Å². The third kappa shape index (κ3) is 0.778. The number of rotatable bonds is 0.